The van der Waals surface area contributed by atoms with Crippen LogP contribution in [0.1, 0.15) is 265 Å². The number of unbranched alkanes of at least 4 members (excludes halogenated alkanes) is 28. The van der Waals surface area contributed by atoms with Crippen LogP contribution >= 0.6 is 0 Å². The summed E-state index contributed by atoms with van der Waals surface area (Å²) in [6.07, 6.45) is 59.5. The maximum atomic E-state index is 12.8. The second-order valence-electron chi connectivity index (χ2n) is 17.4. The van der Waals surface area contributed by atoms with Crippen molar-refractivity contribution < 1.29 is 28.6 Å². The Morgan fingerprint density at radius 1 is 0.344 bits per heavy atom. The van der Waals surface area contributed by atoms with Gasteiger partial charge in [0.2, 0.25) is 0 Å². The fourth-order valence-electron chi connectivity index (χ4n) is 7.39. The summed E-state index contributed by atoms with van der Waals surface area (Å²) < 4.78 is 16.8. The maximum absolute atomic E-state index is 12.8. The monoisotopic (exact) mass is 855 g/mol. The number of carbonyl (C=O) groups is 3. The van der Waals surface area contributed by atoms with E-state index in [0.717, 1.165) is 89.9 Å². The fraction of sp³-hybridized carbons (Fsp3) is 0.800. The molecular formula is C55H98O6. The Balaban J connectivity index is 4.38. The van der Waals surface area contributed by atoms with Gasteiger partial charge in [-0.25, -0.2) is 0 Å². The van der Waals surface area contributed by atoms with Gasteiger partial charge in [0.05, 0.1) is 0 Å². The van der Waals surface area contributed by atoms with Crippen LogP contribution in [0.4, 0.5) is 0 Å². The largest absolute Gasteiger partial charge is 0.462 e. The van der Waals surface area contributed by atoms with Crippen molar-refractivity contribution in [2.75, 3.05) is 13.2 Å². The second kappa shape index (κ2) is 50.0. The molecule has 0 bridgehead atoms. The number of carbonyl (C=O) groups excluding carboxylic acids is 3. The van der Waals surface area contributed by atoms with Gasteiger partial charge in [-0.3, -0.25) is 14.4 Å². The first kappa shape index (κ1) is 58.4. The molecule has 6 heteroatoms. The van der Waals surface area contributed by atoms with E-state index in [1.165, 1.54) is 135 Å². The van der Waals surface area contributed by atoms with Crippen LogP contribution in [0.2, 0.25) is 0 Å². The van der Waals surface area contributed by atoms with E-state index < -0.39 is 6.10 Å². The SMILES string of the molecule is CC/C=C\C/C=C\C/C=C\CCCCCCCCC(=O)OCC(COC(=O)CCCCCCC/C=C\CCCCC)OC(=O)CCCCCCCCCCCCCCCCC. The number of rotatable bonds is 47. The molecule has 0 aliphatic heterocycles. The molecule has 0 spiro atoms. The highest BCUT2D eigenvalue weighted by molar-refractivity contribution is 5.71. The normalized spacial score (nSPS) is 12.4. The van der Waals surface area contributed by atoms with Crippen molar-refractivity contribution in [2.24, 2.45) is 0 Å². The molecule has 61 heavy (non-hydrogen) atoms. The van der Waals surface area contributed by atoms with Crippen molar-refractivity contribution in [1.82, 2.24) is 0 Å². The Morgan fingerprint density at radius 2 is 0.639 bits per heavy atom. The third kappa shape index (κ3) is 48.3. The standard InChI is InChI=1S/C55H98O6/c1-4-7-10-13-16-19-22-25-27-29-30-33-36-39-42-45-48-54(57)60-51-52(50-59-53(56)47-44-41-38-35-32-24-21-18-15-12-9-6-3)61-55(58)49-46-43-40-37-34-31-28-26-23-20-17-14-11-8-5-2/h7,10,16,18-19,21,25,27,52H,4-6,8-9,11-15,17,20,22-24,26,28-51H2,1-3H3/b10-7-,19-16-,21-18-,27-25-. The zero-order chi connectivity index (χ0) is 44.4. The average Bonchev–Trinajstić information content (AvgIpc) is 3.26. The quantitative estimate of drug-likeness (QED) is 0.0263. The van der Waals surface area contributed by atoms with E-state index in [1.807, 2.05) is 0 Å². The minimum atomic E-state index is -0.778. The van der Waals surface area contributed by atoms with Crippen molar-refractivity contribution in [1.29, 1.82) is 0 Å². The lowest BCUT2D eigenvalue weighted by atomic mass is 10.0. The maximum Gasteiger partial charge on any atom is 0.306 e. The Hall–Kier alpha value is -2.63. The molecule has 354 valence electrons. The van der Waals surface area contributed by atoms with E-state index in [9.17, 15) is 14.4 Å². The number of ether oxygens (including phenoxy) is 3. The molecule has 0 heterocycles. The molecule has 0 amide bonds. The van der Waals surface area contributed by atoms with Crippen LogP contribution in [-0.4, -0.2) is 37.2 Å². The smallest absolute Gasteiger partial charge is 0.306 e. The molecule has 1 atom stereocenters. The van der Waals surface area contributed by atoms with Gasteiger partial charge >= 0.3 is 17.9 Å². The Bertz CT molecular complexity index is 1070. The molecule has 0 N–H and O–H groups in total. The van der Waals surface area contributed by atoms with Crippen molar-refractivity contribution in [2.45, 2.75) is 271 Å². The number of hydrogen-bond donors (Lipinski definition) is 0. The van der Waals surface area contributed by atoms with E-state index in [4.69, 9.17) is 14.2 Å². The third-order valence-corrected chi connectivity index (χ3v) is 11.3. The third-order valence-electron chi connectivity index (χ3n) is 11.3. The van der Waals surface area contributed by atoms with Crippen molar-refractivity contribution in [3.63, 3.8) is 0 Å². The van der Waals surface area contributed by atoms with Crippen LogP contribution in [0.25, 0.3) is 0 Å². The van der Waals surface area contributed by atoms with Crippen molar-refractivity contribution >= 4 is 17.9 Å². The van der Waals surface area contributed by atoms with Gasteiger partial charge < -0.3 is 14.2 Å². The van der Waals surface area contributed by atoms with Crippen LogP contribution in [0, 0.1) is 0 Å². The molecule has 0 fully saturated rings. The topological polar surface area (TPSA) is 78.9 Å². The molecule has 0 aliphatic rings. The fourth-order valence-corrected chi connectivity index (χ4v) is 7.39. The molecule has 0 aliphatic carbocycles. The van der Waals surface area contributed by atoms with Crippen molar-refractivity contribution in [3.8, 4) is 0 Å². The van der Waals surface area contributed by atoms with Gasteiger partial charge in [-0.1, -0.05) is 217 Å². The summed E-state index contributed by atoms with van der Waals surface area (Å²) >= 11 is 0. The molecule has 0 aromatic carbocycles. The van der Waals surface area contributed by atoms with E-state index >= 15 is 0 Å². The van der Waals surface area contributed by atoms with E-state index in [0.29, 0.717) is 19.3 Å². The van der Waals surface area contributed by atoms with E-state index in [1.54, 1.807) is 0 Å². The first-order chi connectivity index (χ1) is 30.0. The molecule has 0 saturated carbocycles. The predicted octanol–water partition coefficient (Wildman–Crippen LogP) is 17.1. The minimum Gasteiger partial charge on any atom is -0.462 e. The van der Waals surface area contributed by atoms with E-state index in [2.05, 4.69) is 69.4 Å². The highest BCUT2D eigenvalue weighted by Crippen LogP contribution is 2.15. The summed E-state index contributed by atoms with van der Waals surface area (Å²) in [4.78, 5) is 38.0. The first-order valence-electron chi connectivity index (χ1n) is 26.1. The minimum absolute atomic E-state index is 0.0795. The molecule has 0 radical (unpaired) electrons. The van der Waals surface area contributed by atoms with Gasteiger partial charge in [-0.2, -0.15) is 0 Å². The molecule has 6 nitrogen and oxygen atoms in total. The molecule has 0 aromatic rings. The molecule has 1 unspecified atom stereocenters. The summed E-state index contributed by atoms with van der Waals surface area (Å²) in [7, 11) is 0. The van der Waals surface area contributed by atoms with Gasteiger partial charge in [0.1, 0.15) is 13.2 Å². The summed E-state index contributed by atoms with van der Waals surface area (Å²) in [6, 6.07) is 0. The van der Waals surface area contributed by atoms with Gasteiger partial charge in [0.25, 0.3) is 0 Å². The summed E-state index contributed by atoms with van der Waals surface area (Å²) in [5.74, 6) is -0.892. The Labute approximate surface area is 378 Å². The number of hydrogen-bond acceptors (Lipinski definition) is 6. The Kier molecular flexibility index (Phi) is 47.9. The zero-order valence-electron chi connectivity index (χ0n) is 40.4. The van der Waals surface area contributed by atoms with Crippen LogP contribution in [0.3, 0.4) is 0 Å². The van der Waals surface area contributed by atoms with E-state index in [-0.39, 0.29) is 31.1 Å². The van der Waals surface area contributed by atoms with Crippen LogP contribution in [-0.2, 0) is 28.6 Å². The highest BCUT2D eigenvalue weighted by Gasteiger charge is 2.19. The van der Waals surface area contributed by atoms with Crippen LogP contribution in [0.15, 0.2) is 48.6 Å². The Morgan fingerprint density at radius 3 is 1.05 bits per heavy atom. The first-order valence-corrected chi connectivity index (χ1v) is 26.1. The predicted molar refractivity (Wildman–Crippen MR) is 261 cm³/mol. The second-order valence-corrected chi connectivity index (χ2v) is 17.4. The average molecular weight is 855 g/mol. The summed E-state index contributed by atoms with van der Waals surface area (Å²) in [5, 5.41) is 0. The zero-order valence-corrected chi connectivity index (χ0v) is 40.4. The molecular weight excluding hydrogens is 757 g/mol. The summed E-state index contributed by atoms with van der Waals surface area (Å²) in [5.41, 5.74) is 0. The van der Waals surface area contributed by atoms with Crippen LogP contribution < -0.4 is 0 Å². The van der Waals surface area contributed by atoms with Gasteiger partial charge in [0.15, 0.2) is 6.10 Å². The van der Waals surface area contributed by atoms with Gasteiger partial charge in [-0.15, -0.1) is 0 Å². The lowest BCUT2D eigenvalue weighted by molar-refractivity contribution is -0.167. The number of allylic oxidation sites excluding steroid dienone is 8. The van der Waals surface area contributed by atoms with Gasteiger partial charge in [0, 0.05) is 19.3 Å². The van der Waals surface area contributed by atoms with Gasteiger partial charge in [-0.05, 0) is 77.0 Å². The molecule has 0 aromatic heterocycles. The molecule has 0 saturated heterocycles. The molecule has 0 rings (SSSR count). The van der Waals surface area contributed by atoms with Crippen molar-refractivity contribution in [3.05, 3.63) is 48.6 Å². The summed E-state index contributed by atoms with van der Waals surface area (Å²) in [6.45, 7) is 6.50. The number of esters is 3. The highest BCUT2D eigenvalue weighted by atomic mass is 16.6. The lowest BCUT2D eigenvalue weighted by Gasteiger charge is -2.18. The lowest BCUT2D eigenvalue weighted by Crippen LogP contribution is -2.30. The van der Waals surface area contributed by atoms with Crippen LogP contribution in [0.5, 0.6) is 0 Å².